The number of amides is 1. The van der Waals surface area contributed by atoms with Crippen molar-refractivity contribution >= 4 is 34.2 Å². The molecule has 122 valence electrons. The number of carbonyl (C=O) groups excluding carboxylic acids is 1. The van der Waals surface area contributed by atoms with Crippen LogP contribution in [0.4, 0.5) is 0 Å². The summed E-state index contributed by atoms with van der Waals surface area (Å²) in [5.74, 6) is 0.0582. The number of likely N-dealkylation sites (tertiary alicyclic amines) is 1. The van der Waals surface area contributed by atoms with Gasteiger partial charge in [-0.2, -0.15) is 0 Å². The van der Waals surface area contributed by atoms with E-state index in [4.69, 9.17) is 0 Å². The molecule has 0 unspecified atom stereocenters. The number of rotatable bonds is 2. The maximum absolute atomic E-state index is 12.6. The Kier molecular flexibility index (Phi) is 5.92. The summed E-state index contributed by atoms with van der Waals surface area (Å²) < 4.78 is 0.950. The van der Waals surface area contributed by atoms with Gasteiger partial charge in [0, 0.05) is 21.6 Å². The summed E-state index contributed by atoms with van der Waals surface area (Å²) in [6, 6.07) is 7.92. The van der Waals surface area contributed by atoms with E-state index < -0.39 is 0 Å². The molecule has 5 heteroatoms. The van der Waals surface area contributed by atoms with Crippen molar-refractivity contribution in [1.29, 1.82) is 0 Å². The summed E-state index contributed by atoms with van der Waals surface area (Å²) in [5, 5.41) is 3.32. The second kappa shape index (κ2) is 7.33. The summed E-state index contributed by atoms with van der Waals surface area (Å²) in [5.41, 5.74) is 0.936. The zero-order chi connectivity index (χ0) is 14.9. The van der Waals surface area contributed by atoms with Crippen molar-refractivity contribution in [2.75, 3.05) is 13.6 Å². The van der Waals surface area contributed by atoms with Crippen molar-refractivity contribution in [3.63, 3.8) is 0 Å². The van der Waals surface area contributed by atoms with Gasteiger partial charge >= 0.3 is 0 Å². The molecule has 22 heavy (non-hydrogen) atoms. The van der Waals surface area contributed by atoms with E-state index in [1.54, 1.807) is 0 Å². The Hall–Kier alpha value is -0.580. The van der Waals surface area contributed by atoms with Crippen molar-refractivity contribution in [2.45, 2.75) is 50.1 Å². The second-order valence-electron chi connectivity index (χ2n) is 6.41. The first-order chi connectivity index (χ1) is 10.1. The van der Waals surface area contributed by atoms with Crippen molar-refractivity contribution in [1.82, 2.24) is 10.2 Å². The highest BCUT2D eigenvalue weighted by atomic mass is 79.9. The molecule has 1 aliphatic heterocycles. The topological polar surface area (TPSA) is 32.3 Å². The average Bonchev–Trinajstić information content (AvgIpc) is 2.83. The zero-order valence-electron chi connectivity index (χ0n) is 13.0. The fraction of sp³-hybridized carbons (Fsp3) is 0.588. The Morgan fingerprint density at radius 2 is 2.09 bits per heavy atom. The van der Waals surface area contributed by atoms with Crippen molar-refractivity contribution in [3.8, 4) is 0 Å². The van der Waals surface area contributed by atoms with E-state index >= 15 is 0 Å². The molecule has 0 aromatic heterocycles. The molecule has 3 rings (SSSR count). The number of halogens is 2. The molecule has 1 amide bonds. The van der Waals surface area contributed by atoms with Gasteiger partial charge < -0.3 is 5.32 Å². The lowest BCUT2D eigenvalue weighted by Gasteiger charge is -2.46. The van der Waals surface area contributed by atoms with Crippen LogP contribution in [0.15, 0.2) is 28.7 Å². The molecular weight excluding hydrogens is 364 g/mol. The van der Waals surface area contributed by atoms with Crippen molar-refractivity contribution in [2.24, 2.45) is 0 Å². The highest BCUT2D eigenvalue weighted by Crippen LogP contribution is 2.40. The molecule has 0 radical (unpaired) electrons. The van der Waals surface area contributed by atoms with Gasteiger partial charge in [-0.1, -0.05) is 34.8 Å². The molecule has 1 spiro atoms. The molecule has 1 saturated heterocycles. The molecule has 1 saturated carbocycles. The summed E-state index contributed by atoms with van der Waals surface area (Å²) in [6.45, 7) is 1.16. The zero-order valence-corrected chi connectivity index (χ0v) is 15.4. The first-order valence-electron chi connectivity index (χ1n) is 7.89. The Labute approximate surface area is 147 Å². The van der Waals surface area contributed by atoms with E-state index in [0.717, 1.165) is 23.0 Å². The minimum Gasteiger partial charge on any atom is -0.347 e. The lowest BCUT2D eigenvalue weighted by molar-refractivity contribution is 0.0641. The molecule has 2 atom stereocenters. The van der Waals surface area contributed by atoms with Gasteiger partial charge in [-0.3, -0.25) is 9.69 Å². The molecule has 1 aliphatic carbocycles. The standard InChI is InChI=1S/C17H23BrN2O.ClH/c1-20-11-5-10-17(20)9-3-2-8-15(17)19-16(21)13-6-4-7-14(18)12-13;/h4,6-7,12,15H,2-3,5,8-11H2,1H3,(H,19,21);1H/t15-,17+;/m0./s1. The van der Waals surface area contributed by atoms with Crippen LogP contribution in [-0.2, 0) is 0 Å². The lowest BCUT2D eigenvalue weighted by Crippen LogP contribution is -2.59. The van der Waals surface area contributed by atoms with Crippen LogP contribution in [0.3, 0.4) is 0 Å². The molecule has 0 bridgehead atoms. The molecule has 2 aliphatic rings. The van der Waals surface area contributed by atoms with E-state index in [9.17, 15) is 4.79 Å². The Morgan fingerprint density at radius 1 is 1.32 bits per heavy atom. The number of benzene rings is 1. The predicted octanol–water partition coefficient (Wildman–Crippen LogP) is 4.01. The number of hydrogen-bond donors (Lipinski definition) is 1. The van der Waals surface area contributed by atoms with Crippen LogP contribution >= 0.6 is 28.3 Å². The smallest absolute Gasteiger partial charge is 0.251 e. The summed E-state index contributed by atoms with van der Waals surface area (Å²) in [4.78, 5) is 15.0. The van der Waals surface area contributed by atoms with Crippen LogP contribution in [0, 0.1) is 0 Å². The summed E-state index contributed by atoms with van der Waals surface area (Å²) >= 11 is 3.44. The van der Waals surface area contributed by atoms with Crippen LogP contribution in [-0.4, -0.2) is 36.0 Å². The second-order valence-corrected chi connectivity index (χ2v) is 7.33. The molecule has 2 fully saturated rings. The number of nitrogens with zero attached hydrogens (tertiary/aromatic N) is 1. The van der Waals surface area contributed by atoms with Crippen LogP contribution in [0.25, 0.3) is 0 Å². The SMILES string of the molecule is CN1CCC[C@@]12CCCC[C@@H]2NC(=O)c1cccc(Br)c1.Cl. The number of hydrogen-bond acceptors (Lipinski definition) is 2. The Balaban J connectivity index is 0.00000176. The molecule has 3 nitrogen and oxygen atoms in total. The first kappa shape index (κ1) is 17.8. The fourth-order valence-corrected chi connectivity index (χ4v) is 4.49. The van der Waals surface area contributed by atoms with Gasteiger partial charge in [-0.15, -0.1) is 12.4 Å². The van der Waals surface area contributed by atoms with Crippen LogP contribution < -0.4 is 5.32 Å². The summed E-state index contributed by atoms with van der Waals surface area (Å²) in [7, 11) is 2.22. The third-order valence-corrected chi connectivity index (χ3v) is 5.75. The largest absolute Gasteiger partial charge is 0.347 e. The lowest BCUT2D eigenvalue weighted by atomic mass is 9.75. The number of nitrogens with one attached hydrogen (secondary N) is 1. The van der Waals surface area contributed by atoms with E-state index in [1.165, 1.54) is 32.1 Å². The van der Waals surface area contributed by atoms with Gasteiger partial charge in [0.25, 0.3) is 5.91 Å². The quantitative estimate of drug-likeness (QED) is 0.831. The van der Waals surface area contributed by atoms with Gasteiger partial charge in [-0.05, 0) is 57.5 Å². The number of likely N-dealkylation sites (N-methyl/N-ethyl adjacent to an activating group) is 1. The maximum Gasteiger partial charge on any atom is 0.251 e. The maximum atomic E-state index is 12.6. The van der Waals surface area contributed by atoms with Gasteiger partial charge in [0.1, 0.15) is 0 Å². The van der Waals surface area contributed by atoms with Crippen LogP contribution in [0.5, 0.6) is 0 Å². The van der Waals surface area contributed by atoms with Crippen molar-refractivity contribution in [3.05, 3.63) is 34.3 Å². The van der Waals surface area contributed by atoms with Gasteiger partial charge in [0.15, 0.2) is 0 Å². The summed E-state index contributed by atoms with van der Waals surface area (Å²) in [6.07, 6.45) is 7.29. The molecule has 1 aromatic rings. The van der Waals surface area contributed by atoms with Gasteiger partial charge in [-0.25, -0.2) is 0 Å². The molecule has 1 aromatic carbocycles. The highest BCUT2D eigenvalue weighted by molar-refractivity contribution is 9.10. The molecular formula is C17H24BrClN2O. The monoisotopic (exact) mass is 386 g/mol. The fourth-order valence-electron chi connectivity index (χ4n) is 4.09. The van der Waals surface area contributed by atoms with Crippen molar-refractivity contribution < 1.29 is 4.79 Å². The van der Waals surface area contributed by atoms with E-state index in [2.05, 4.69) is 33.2 Å². The minimum atomic E-state index is 0. The van der Waals surface area contributed by atoms with E-state index in [0.29, 0.717) is 0 Å². The third kappa shape index (κ3) is 3.34. The average molecular weight is 388 g/mol. The Morgan fingerprint density at radius 3 is 2.77 bits per heavy atom. The molecule has 1 heterocycles. The minimum absolute atomic E-state index is 0. The normalized spacial score (nSPS) is 28.4. The third-order valence-electron chi connectivity index (χ3n) is 5.26. The molecule has 1 N–H and O–H groups in total. The predicted molar refractivity (Wildman–Crippen MR) is 95.7 cm³/mol. The van der Waals surface area contributed by atoms with E-state index in [-0.39, 0.29) is 29.9 Å². The van der Waals surface area contributed by atoms with Gasteiger partial charge in [0.2, 0.25) is 0 Å². The highest BCUT2D eigenvalue weighted by Gasteiger charge is 2.46. The first-order valence-corrected chi connectivity index (χ1v) is 8.69. The Bertz CT molecular complexity index is 539. The van der Waals surface area contributed by atoms with Gasteiger partial charge in [0.05, 0.1) is 0 Å². The van der Waals surface area contributed by atoms with E-state index in [1.807, 2.05) is 24.3 Å². The number of carbonyl (C=O) groups is 1. The van der Waals surface area contributed by atoms with Crippen LogP contribution in [0.2, 0.25) is 0 Å². The van der Waals surface area contributed by atoms with Crippen LogP contribution in [0.1, 0.15) is 48.9 Å².